The number of hydrogen-bond acceptors (Lipinski definition) is 4. The zero-order valence-electron chi connectivity index (χ0n) is 25.3. The maximum atomic E-state index is 10.3. The molecule has 0 saturated carbocycles. The van der Waals surface area contributed by atoms with Gasteiger partial charge in [-0.25, -0.2) is 0 Å². The Labute approximate surface area is 241 Å². The van der Waals surface area contributed by atoms with Gasteiger partial charge in [0, 0.05) is 22.3 Å². The van der Waals surface area contributed by atoms with E-state index in [0.29, 0.717) is 0 Å². The molecular formula is C34H48N2O4. The molecule has 0 aliphatic carbocycles. The summed E-state index contributed by atoms with van der Waals surface area (Å²) in [5.41, 5.74) is 2.19. The fraction of sp³-hybridized carbons (Fsp3) is 0.412. The molecule has 0 amide bonds. The molecule has 6 nitrogen and oxygen atoms in total. The lowest BCUT2D eigenvalue weighted by Gasteiger charge is -2.35. The molecule has 0 unspecified atom stereocenters. The SMILES string of the molecule is CC[N+](CC)(CC)Cc1ccccc1.CC[N+](CC)(CC)Cc1ccccc1.O=C([O-])c1ccccc1C(=O)[O-]. The molecule has 3 rings (SSSR count). The van der Waals surface area contributed by atoms with Crippen LogP contribution in [0.25, 0.3) is 0 Å². The van der Waals surface area contributed by atoms with E-state index in [9.17, 15) is 19.8 Å². The van der Waals surface area contributed by atoms with Crippen LogP contribution in [-0.4, -0.2) is 60.2 Å². The predicted octanol–water partition coefficient (Wildman–Crippen LogP) is 4.54. The van der Waals surface area contributed by atoms with Crippen LogP contribution < -0.4 is 10.2 Å². The van der Waals surface area contributed by atoms with Crippen LogP contribution in [0, 0.1) is 0 Å². The summed E-state index contributed by atoms with van der Waals surface area (Å²) in [6, 6.07) is 26.7. The van der Waals surface area contributed by atoms with Gasteiger partial charge in [0.2, 0.25) is 0 Å². The second kappa shape index (κ2) is 18.0. The van der Waals surface area contributed by atoms with Crippen LogP contribution in [0.1, 0.15) is 73.4 Å². The minimum Gasteiger partial charge on any atom is -0.545 e. The number of nitrogens with zero attached hydrogens (tertiary/aromatic N) is 2. The van der Waals surface area contributed by atoms with Gasteiger partial charge in [0.05, 0.1) is 51.2 Å². The molecular weight excluding hydrogens is 500 g/mol. The summed E-state index contributed by atoms with van der Waals surface area (Å²) < 4.78 is 2.40. The van der Waals surface area contributed by atoms with Crippen LogP contribution >= 0.6 is 0 Å². The van der Waals surface area contributed by atoms with Gasteiger partial charge < -0.3 is 28.8 Å². The Morgan fingerprint density at radius 1 is 0.475 bits per heavy atom. The van der Waals surface area contributed by atoms with Crippen molar-refractivity contribution in [3.63, 3.8) is 0 Å². The molecule has 0 saturated heterocycles. The predicted molar refractivity (Wildman–Crippen MR) is 159 cm³/mol. The molecule has 0 N–H and O–H groups in total. The van der Waals surface area contributed by atoms with Crippen molar-refractivity contribution in [3.05, 3.63) is 107 Å². The molecule has 0 aliphatic rings. The van der Waals surface area contributed by atoms with Crippen molar-refractivity contribution in [1.82, 2.24) is 0 Å². The summed E-state index contributed by atoms with van der Waals surface area (Å²) in [4.78, 5) is 20.6. The molecule has 0 spiro atoms. The molecule has 0 atom stereocenters. The van der Waals surface area contributed by atoms with E-state index in [4.69, 9.17) is 0 Å². The van der Waals surface area contributed by atoms with E-state index >= 15 is 0 Å². The minimum atomic E-state index is -1.52. The number of hydrogen-bond donors (Lipinski definition) is 0. The highest BCUT2D eigenvalue weighted by atomic mass is 16.4. The summed E-state index contributed by atoms with van der Waals surface area (Å²) in [7, 11) is 0. The Balaban J connectivity index is 0.000000301. The zero-order valence-corrected chi connectivity index (χ0v) is 25.3. The lowest BCUT2D eigenvalue weighted by Crippen LogP contribution is -2.46. The number of carboxylic acid groups (broad SMARTS) is 2. The average molecular weight is 549 g/mol. The summed E-state index contributed by atoms with van der Waals surface area (Å²) in [6.45, 7) is 23.4. The van der Waals surface area contributed by atoms with Crippen LogP contribution in [0.15, 0.2) is 84.9 Å². The third-order valence-corrected chi connectivity index (χ3v) is 8.11. The van der Waals surface area contributed by atoms with Crippen LogP contribution in [-0.2, 0) is 13.1 Å². The number of benzene rings is 3. The third kappa shape index (κ3) is 10.9. The summed E-state index contributed by atoms with van der Waals surface area (Å²) in [6.07, 6.45) is 0. The van der Waals surface area contributed by atoms with Crippen LogP contribution in [0.2, 0.25) is 0 Å². The lowest BCUT2D eigenvalue weighted by molar-refractivity contribution is -0.936. The van der Waals surface area contributed by atoms with E-state index in [1.54, 1.807) is 0 Å². The largest absolute Gasteiger partial charge is 0.545 e. The topological polar surface area (TPSA) is 80.3 Å². The van der Waals surface area contributed by atoms with Crippen molar-refractivity contribution in [2.24, 2.45) is 0 Å². The number of carbonyl (C=O) groups is 2. The van der Waals surface area contributed by atoms with Crippen molar-refractivity contribution in [1.29, 1.82) is 0 Å². The van der Waals surface area contributed by atoms with E-state index in [1.807, 2.05) is 0 Å². The van der Waals surface area contributed by atoms with E-state index in [0.717, 1.165) is 12.1 Å². The number of quaternary nitrogens is 2. The summed E-state index contributed by atoms with van der Waals surface area (Å²) in [5, 5.41) is 20.6. The first kappa shape index (κ1) is 34.5. The first-order chi connectivity index (χ1) is 19.1. The van der Waals surface area contributed by atoms with Crippen molar-refractivity contribution >= 4 is 11.9 Å². The van der Waals surface area contributed by atoms with E-state index in [-0.39, 0.29) is 11.1 Å². The third-order valence-electron chi connectivity index (χ3n) is 8.11. The smallest absolute Gasteiger partial charge is 0.104 e. The molecule has 0 fully saturated rings. The maximum Gasteiger partial charge on any atom is 0.104 e. The highest BCUT2D eigenvalue weighted by Crippen LogP contribution is 2.14. The Morgan fingerprint density at radius 2 is 0.725 bits per heavy atom. The van der Waals surface area contributed by atoms with E-state index < -0.39 is 11.9 Å². The molecule has 0 aliphatic heterocycles. The quantitative estimate of drug-likeness (QED) is 0.311. The fourth-order valence-corrected chi connectivity index (χ4v) is 4.79. The normalized spacial score (nSPS) is 10.9. The number of aromatic carboxylic acids is 2. The number of carboxylic acids is 2. The highest BCUT2D eigenvalue weighted by Gasteiger charge is 2.21. The van der Waals surface area contributed by atoms with E-state index in [1.165, 1.54) is 84.6 Å². The molecule has 0 heterocycles. The second-order valence-corrected chi connectivity index (χ2v) is 9.99. The fourth-order valence-electron chi connectivity index (χ4n) is 4.79. The van der Waals surface area contributed by atoms with Gasteiger partial charge in [0.15, 0.2) is 0 Å². The first-order valence-corrected chi connectivity index (χ1v) is 14.4. The van der Waals surface area contributed by atoms with Gasteiger partial charge in [-0.15, -0.1) is 0 Å². The van der Waals surface area contributed by atoms with E-state index in [2.05, 4.69) is 102 Å². The average Bonchev–Trinajstić information content (AvgIpc) is 3.00. The van der Waals surface area contributed by atoms with Crippen LogP contribution in [0.4, 0.5) is 0 Å². The maximum absolute atomic E-state index is 10.3. The summed E-state index contributed by atoms with van der Waals surface area (Å²) in [5.74, 6) is -3.04. The lowest BCUT2D eigenvalue weighted by atomic mass is 10.1. The Hall–Kier alpha value is -3.48. The van der Waals surface area contributed by atoms with Gasteiger partial charge in [0.1, 0.15) is 13.1 Å². The van der Waals surface area contributed by atoms with Gasteiger partial charge in [-0.3, -0.25) is 0 Å². The number of rotatable bonds is 12. The Bertz CT molecular complexity index is 1020. The molecule has 218 valence electrons. The van der Waals surface area contributed by atoms with Crippen molar-refractivity contribution < 1.29 is 28.8 Å². The van der Waals surface area contributed by atoms with Crippen molar-refractivity contribution in [2.75, 3.05) is 39.3 Å². The Kier molecular flexibility index (Phi) is 15.5. The summed E-state index contributed by atoms with van der Waals surface area (Å²) >= 11 is 0. The first-order valence-electron chi connectivity index (χ1n) is 14.4. The van der Waals surface area contributed by atoms with Crippen LogP contribution in [0.3, 0.4) is 0 Å². The van der Waals surface area contributed by atoms with Gasteiger partial charge >= 0.3 is 0 Å². The molecule has 0 bridgehead atoms. The molecule has 3 aromatic carbocycles. The number of carbonyl (C=O) groups excluding carboxylic acids is 2. The molecule has 40 heavy (non-hydrogen) atoms. The standard InChI is InChI=1S/2C13H22N.C8H6O4/c2*1-4-14(5-2,6-3)12-13-10-8-7-9-11-13;9-7(10)5-3-1-2-4-6(5)8(11)12/h2*7-11H,4-6,12H2,1-3H3;1-4H,(H,9,10)(H,11,12)/q2*+1;/p-2. The Morgan fingerprint density at radius 3 is 0.950 bits per heavy atom. The minimum absolute atomic E-state index is 0.363. The molecule has 6 heteroatoms. The van der Waals surface area contributed by atoms with Crippen LogP contribution in [0.5, 0.6) is 0 Å². The van der Waals surface area contributed by atoms with Crippen molar-refractivity contribution in [3.8, 4) is 0 Å². The zero-order chi connectivity index (χ0) is 30.0. The highest BCUT2D eigenvalue weighted by molar-refractivity contribution is 5.99. The molecule has 0 radical (unpaired) electrons. The molecule has 3 aromatic rings. The van der Waals surface area contributed by atoms with Gasteiger partial charge in [-0.1, -0.05) is 84.9 Å². The molecule has 0 aromatic heterocycles. The van der Waals surface area contributed by atoms with Gasteiger partial charge in [0.25, 0.3) is 0 Å². The van der Waals surface area contributed by atoms with Gasteiger partial charge in [-0.2, -0.15) is 0 Å². The second-order valence-electron chi connectivity index (χ2n) is 9.99. The monoisotopic (exact) mass is 548 g/mol. The van der Waals surface area contributed by atoms with Crippen molar-refractivity contribution in [2.45, 2.75) is 54.6 Å². The van der Waals surface area contributed by atoms with Gasteiger partial charge in [-0.05, 0) is 41.5 Å².